The number of anilines is 1. The number of halogens is 1. The number of rotatable bonds is 9. The number of guanidine groups is 1. The van der Waals surface area contributed by atoms with Crippen LogP contribution in [0.15, 0.2) is 77.8 Å². The largest absolute Gasteiger partial charge is 0.507 e. The second-order valence-electron chi connectivity index (χ2n) is 10.7. The summed E-state index contributed by atoms with van der Waals surface area (Å²) in [6, 6.07) is 21.9. The molecule has 1 heterocycles. The zero-order valence-electron chi connectivity index (χ0n) is 23.9. The first-order valence-corrected chi connectivity index (χ1v) is 13.9. The van der Waals surface area contributed by atoms with E-state index >= 15 is 0 Å². The molecule has 0 aliphatic carbocycles. The molecule has 42 heavy (non-hydrogen) atoms. The van der Waals surface area contributed by atoms with E-state index in [2.05, 4.69) is 17.2 Å². The molecule has 0 saturated heterocycles. The molecule has 4 aromatic rings. The summed E-state index contributed by atoms with van der Waals surface area (Å²) in [6.45, 7) is 4.75. The van der Waals surface area contributed by atoms with Crippen LogP contribution in [0.3, 0.4) is 0 Å². The molecule has 5 rings (SSSR count). The van der Waals surface area contributed by atoms with Gasteiger partial charge in [-0.1, -0.05) is 24.3 Å². The highest BCUT2D eigenvalue weighted by Crippen LogP contribution is 2.46. The van der Waals surface area contributed by atoms with Crippen LogP contribution in [0, 0.1) is 6.92 Å². The van der Waals surface area contributed by atoms with E-state index in [9.17, 15) is 9.90 Å². The van der Waals surface area contributed by atoms with Gasteiger partial charge in [-0.3, -0.25) is 4.79 Å². The van der Waals surface area contributed by atoms with E-state index in [1.54, 1.807) is 24.3 Å². The average molecular weight is 589 g/mol. The average Bonchev–Trinajstić information content (AvgIpc) is 2.96. The van der Waals surface area contributed by atoms with E-state index in [0.717, 1.165) is 65.5 Å². The van der Waals surface area contributed by atoms with E-state index in [-0.39, 0.29) is 29.9 Å². The van der Waals surface area contributed by atoms with E-state index in [0.29, 0.717) is 29.3 Å². The van der Waals surface area contributed by atoms with Crippen LogP contribution < -0.4 is 26.3 Å². The van der Waals surface area contributed by atoms with Crippen molar-refractivity contribution in [2.45, 2.75) is 51.6 Å². The molecule has 8 nitrogen and oxygen atoms in total. The van der Waals surface area contributed by atoms with Gasteiger partial charge in [-0.2, -0.15) is 0 Å². The van der Waals surface area contributed by atoms with Gasteiger partial charge in [0.2, 0.25) is 0 Å². The lowest BCUT2D eigenvalue weighted by molar-refractivity contribution is 0.0542. The Morgan fingerprint density at radius 3 is 2.40 bits per heavy atom. The summed E-state index contributed by atoms with van der Waals surface area (Å²) in [4.78, 5) is 16.5. The number of ether oxygens (including phenoxy) is 2. The molecule has 1 aliphatic rings. The highest BCUT2D eigenvalue weighted by atomic mass is 35.5. The maximum Gasteiger partial charge on any atom is 0.255 e. The lowest BCUT2D eigenvalue weighted by Crippen LogP contribution is -2.36. The SMILES string of the molecule is Cc1c2c(c3ccccc3c1O)OC(C)(CCCCOc1ccc(NC(=O)c3ccc(N=C(N)N)cc3)cc1)CC2.Cl. The summed E-state index contributed by atoms with van der Waals surface area (Å²) in [7, 11) is 0. The van der Waals surface area contributed by atoms with Crippen molar-refractivity contribution in [1.82, 2.24) is 0 Å². The van der Waals surface area contributed by atoms with Gasteiger partial charge in [0.15, 0.2) is 5.96 Å². The molecule has 0 radical (unpaired) electrons. The Morgan fingerprint density at radius 2 is 1.71 bits per heavy atom. The Hall–Kier alpha value is -4.43. The number of amides is 1. The summed E-state index contributed by atoms with van der Waals surface area (Å²) < 4.78 is 12.6. The Labute approximate surface area is 252 Å². The third-order valence-corrected chi connectivity index (χ3v) is 7.63. The van der Waals surface area contributed by atoms with E-state index in [1.807, 2.05) is 55.5 Å². The molecule has 1 unspecified atom stereocenters. The number of carbonyl (C=O) groups excluding carboxylic acids is 1. The van der Waals surface area contributed by atoms with Gasteiger partial charge in [0.1, 0.15) is 22.8 Å². The fourth-order valence-electron chi connectivity index (χ4n) is 5.31. The van der Waals surface area contributed by atoms with Crippen LogP contribution in [-0.4, -0.2) is 29.2 Å². The number of phenolic OH excluding ortho intramolecular Hbond substituents is 1. The minimum atomic E-state index is -0.260. The molecule has 0 aromatic heterocycles. The molecule has 1 atom stereocenters. The molecule has 220 valence electrons. The van der Waals surface area contributed by atoms with Crippen molar-refractivity contribution >= 4 is 46.4 Å². The number of hydrogen-bond donors (Lipinski definition) is 4. The number of nitrogens with one attached hydrogen (secondary N) is 1. The predicted octanol–water partition coefficient (Wildman–Crippen LogP) is 6.77. The molecule has 0 fully saturated rings. The number of benzene rings is 4. The number of nitrogens with two attached hydrogens (primary N) is 2. The minimum Gasteiger partial charge on any atom is -0.507 e. The molecular formula is C33H37ClN4O4. The lowest BCUT2D eigenvalue weighted by atomic mass is 9.85. The van der Waals surface area contributed by atoms with Gasteiger partial charge < -0.3 is 31.4 Å². The van der Waals surface area contributed by atoms with Crippen molar-refractivity contribution < 1.29 is 19.4 Å². The number of aliphatic imine (C=N–C) groups is 1. The third-order valence-electron chi connectivity index (χ3n) is 7.63. The van der Waals surface area contributed by atoms with Crippen LogP contribution in [0.4, 0.5) is 11.4 Å². The monoisotopic (exact) mass is 588 g/mol. The van der Waals surface area contributed by atoms with Crippen LogP contribution in [0.25, 0.3) is 10.8 Å². The first kappa shape index (κ1) is 30.5. The number of carbonyl (C=O) groups is 1. The first-order valence-electron chi connectivity index (χ1n) is 13.9. The van der Waals surface area contributed by atoms with Gasteiger partial charge in [0, 0.05) is 27.6 Å². The zero-order chi connectivity index (χ0) is 29.0. The van der Waals surface area contributed by atoms with Crippen LogP contribution in [-0.2, 0) is 6.42 Å². The standard InChI is InChI=1S/C33H36N4O4.ClH/c1-21-26-17-19-33(2,41-30(26)28-8-4-3-7-27(28)29(21)38)18-5-6-20-40-25-15-13-23(14-16-25)36-31(39)22-9-11-24(12-10-22)37-32(34)35;/h3-4,7-16,38H,5-6,17-20H2,1-2H3,(H,36,39)(H4,34,35,37);1H. The predicted molar refractivity (Wildman–Crippen MR) is 171 cm³/mol. The molecule has 9 heteroatoms. The van der Waals surface area contributed by atoms with Gasteiger partial charge in [-0.15, -0.1) is 12.4 Å². The van der Waals surface area contributed by atoms with Crippen molar-refractivity contribution in [1.29, 1.82) is 0 Å². The normalized spacial score (nSPS) is 15.6. The summed E-state index contributed by atoms with van der Waals surface area (Å²) in [5.41, 5.74) is 14.3. The quantitative estimate of drug-likeness (QED) is 0.0969. The Balaban J connectivity index is 0.00000405. The summed E-state index contributed by atoms with van der Waals surface area (Å²) in [6.07, 6.45) is 4.58. The smallest absolute Gasteiger partial charge is 0.255 e. The number of aromatic hydroxyl groups is 1. The Bertz CT molecular complexity index is 1580. The molecular weight excluding hydrogens is 552 g/mol. The van der Waals surface area contributed by atoms with Crippen molar-refractivity contribution in [3.8, 4) is 17.2 Å². The number of phenols is 1. The van der Waals surface area contributed by atoms with Gasteiger partial charge in [0.25, 0.3) is 5.91 Å². The molecule has 6 N–H and O–H groups in total. The van der Waals surface area contributed by atoms with Crippen LogP contribution in [0.5, 0.6) is 17.2 Å². The summed E-state index contributed by atoms with van der Waals surface area (Å²) in [5, 5.41) is 15.4. The maximum atomic E-state index is 12.5. The summed E-state index contributed by atoms with van der Waals surface area (Å²) >= 11 is 0. The molecule has 0 bridgehead atoms. The maximum absolute atomic E-state index is 12.5. The van der Waals surface area contributed by atoms with Crippen LogP contribution in [0.1, 0.15) is 54.1 Å². The molecule has 4 aromatic carbocycles. The van der Waals surface area contributed by atoms with Gasteiger partial charge in [0.05, 0.1) is 12.3 Å². The highest BCUT2D eigenvalue weighted by Gasteiger charge is 2.33. The molecule has 0 spiro atoms. The fraction of sp³-hybridized carbons (Fsp3) is 0.273. The molecule has 1 aliphatic heterocycles. The zero-order valence-corrected chi connectivity index (χ0v) is 24.7. The van der Waals surface area contributed by atoms with Crippen molar-refractivity contribution in [3.05, 3.63) is 89.5 Å². The van der Waals surface area contributed by atoms with Crippen molar-refractivity contribution in [2.24, 2.45) is 16.5 Å². The number of nitrogens with zero attached hydrogens (tertiary/aromatic N) is 1. The van der Waals surface area contributed by atoms with E-state index in [1.165, 1.54) is 0 Å². The second kappa shape index (κ2) is 13.0. The molecule has 0 saturated carbocycles. The Morgan fingerprint density at radius 1 is 1.02 bits per heavy atom. The summed E-state index contributed by atoms with van der Waals surface area (Å²) in [5.74, 6) is 1.76. The topological polar surface area (TPSA) is 132 Å². The third kappa shape index (κ3) is 6.89. The van der Waals surface area contributed by atoms with Gasteiger partial charge >= 0.3 is 0 Å². The van der Waals surface area contributed by atoms with E-state index in [4.69, 9.17) is 20.9 Å². The first-order chi connectivity index (χ1) is 19.7. The molecule has 1 amide bonds. The van der Waals surface area contributed by atoms with Crippen molar-refractivity contribution in [2.75, 3.05) is 11.9 Å². The lowest BCUT2D eigenvalue weighted by Gasteiger charge is -2.37. The Kier molecular flexibility index (Phi) is 9.48. The highest BCUT2D eigenvalue weighted by molar-refractivity contribution is 6.04. The van der Waals surface area contributed by atoms with Crippen molar-refractivity contribution in [3.63, 3.8) is 0 Å². The number of unbranched alkanes of at least 4 members (excludes halogenated alkanes) is 1. The van der Waals surface area contributed by atoms with E-state index < -0.39 is 0 Å². The van der Waals surface area contributed by atoms with Crippen LogP contribution in [0.2, 0.25) is 0 Å². The minimum absolute atomic E-state index is 0. The van der Waals surface area contributed by atoms with Gasteiger partial charge in [-0.25, -0.2) is 4.99 Å². The number of hydrogen-bond acceptors (Lipinski definition) is 5. The second-order valence-corrected chi connectivity index (χ2v) is 10.7. The number of fused-ring (bicyclic) bond motifs is 3. The van der Waals surface area contributed by atoms with Crippen LogP contribution >= 0.6 is 12.4 Å². The van der Waals surface area contributed by atoms with Gasteiger partial charge in [-0.05, 0) is 100 Å². The fourth-order valence-corrected chi connectivity index (χ4v) is 5.31.